The fourth-order valence-electron chi connectivity index (χ4n) is 2.67. The van der Waals surface area contributed by atoms with E-state index in [1.165, 1.54) is 4.90 Å². The molecule has 3 unspecified atom stereocenters. The molecule has 0 radical (unpaired) electrons. The second-order valence-electron chi connectivity index (χ2n) is 6.14. The molecule has 0 aromatic rings. The number of nitrogens with zero attached hydrogens (tertiary/aromatic N) is 1. The third-order valence-electron chi connectivity index (χ3n) is 3.50. The minimum atomic E-state index is -1.07. The van der Waals surface area contributed by atoms with E-state index in [9.17, 15) is 19.8 Å². The maximum Gasteiger partial charge on any atom is 0.407 e. The van der Waals surface area contributed by atoms with Crippen molar-refractivity contribution in [1.29, 1.82) is 0 Å². The molecule has 0 aromatic carbocycles. The van der Waals surface area contributed by atoms with Crippen molar-refractivity contribution in [3.05, 3.63) is 0 Å². The van der Waals surface area contributed by atoms with Gasteiger partial charge in [-0.2, -0.15) is 0 Å². The number of alkyl halides is 1. The van der Waals surface area contributed by atoms with Crippen LogP contribution in [0.5, 0.6) is 0 Å². The summed E-state index contributed by atoms with van der Waals surface area (Å²) in [4.78, 5) is 24.1. The molecule has 1 fully saturated rings. The smallest absolute Gasteiger partial charge is 0.407 e. The summed E-state index contributed by atoms with van der Waals surface area (Å²) in [5.74, 6) is 0.193. The maximum absolute atomic E-state index is 11.6. The highest BCUT2D eigenvalue weighted by Crippen LogP contribution is 2.32. The number of amides is 2. The molecule has 1 aliphatic heterocycles. The van der Waals surface area contributed by atoms with Crippen LogP contribution in [0.2, 0.25) is 0 Å². The summed E-state index contributed by atoms with van der Waals surface area (Å²) in [7, 11) is 0. The van der Waals surface area contributed by atoms with Gasteiger partial charge in [0, 0.05) is 6.54 Å². The average molecular weight is 323 g/mol. The molecule has 8 heteroatoms. The van der Waals surface area contributed by atoms with E-state index in [1.54, 1.807) is 0 Å². The molecule has 0 aliphatic carbocycles. The van der Waals surface area contributed by atoms with Crippen LogP contribution in [0.15, 0.2) is 0 Å². The highest BCUT2D eigenvalue weighted by molar-refractivity contribution is 6.18. The van der Waals surface area contributed by atoms with E-state index >= 15 is 0 Å². The third-order valence-corrected chi connectivity index (χ3v) is 3.65. The summed E-state index contributed by atoms with van der Waals surface area (Å²) in [6, 6.07) is -1.16. The van der Waals surface area contributed by atoms with E-state index < -0.39 is 35.8 Å². The van der Waals surface area contributed by atoms with Crippen molar-refractivity contribution < 1.29 is 24.5 Å². The van der Waals surface area contributed by atoms with Gasteiger partial charge in [-0.3, -0.25) is 0 Å². The molecule has 1 heterocycles. The lowest BCUT2D eigenvalue weighted by atomic mass is 9.77. The second kappa shape index (κ2) is 7.17. The minimum Gasteiger partial charge on any atom is -0.465 e. The van der Waals surface area contributed by atoms with Crippen LogP contribution in [0, 0.1) is 5.41 Å². The van der Waals surface area contributed by atoms with Crippen LogP contribution in [-0.2, 0) is 4.74 Å². The van der Waals surface area contributed by atoms with Gasteiger partial charge in [0.25, 0.3) is 0 Å². The predicted octanol–water partition coefficient (Wildman–Crippen LogP) is 1.48. The van der Waals surface area contributed by atoms with Crippen LogP contribution in [-0.4, -0.2) is 64.5 Å². The number of piperidine rings is 1. The molecule has 7 nitrogen and oxygen atoms in total. The number of aliphatic hydroxyl groups is 1. The second-order valence-corrected chi connectivity index (χ2v) is 6.52. The molecule has 1 saturated heterocycles. The normalized spacial score (nSPS) is 26.3. The lowest BCUT2D eigenvalue weighted by molar-refractivity contribution is -0.0479. The first-order chi connectivity index (χ1) is 9.68. The standard InChI is InChI=1S/C13H23ClN2O5/c1-13(2,3)10-9(17)8(4-6-16(10)12(19)20)15-11(18)21-7-5-14/h8-10,17H,4-7H2,1-3H3,(H,15,18)(H,19,20). The van der Waals surface area contributed by atoms with Crippen molar-refractivity contribution >= 4 is 23.8 Å². The number of likely N-dealkylation sites (tertiary alicyclic amines) is 1. The lowest BCUT2D eigenvalue weighted by Crippen LogP contribution is -2.64. The summed E-state index contributed by atoms with van der Waals surface area (Å²) in [5, 5.41) is 22.3. The fraction of sp³-hybridized carbons (Fsp3) is 0.846. The predicted molar refractivity (Wildman–Crippen MR) is 77.6 cm³/mol. The number of carbonyl (C=O) groups is 2. The van der Waals surface area contributed by atoms with Crippen molar-refractivity contribution in [2.75, 3.05) is 19.0 Å². The zero-order valence-electron chi connectivity index (χ0n) is 12.5. The number of alkyl carbamates (subject to hydrolysis) is 1. The van der Waals surface area contributed by atoms with Gasteiger partial charge in [-0.1, -0.05) is 20.8 Å². The summed E-state index contributed by atoms with van der Waals surface area (Å²) < 4.78 is 4.81. The Bertz CT molecular complexity index is 385. The molecule has 0 bridgehead atoms. The Morgan fingerprint density at radius 2 is 2.05 bits per heavy atom. The molecule has 0 saturated carbocycles. The number of carboxylic acid groups (broad SMARTS) is 1. The molecule has 0 aromatic heterocycles. The number of carbonyl (C=O) groups excluding carboxylic acids is 1. The van der Waals surface area contributed by atoms with Crippen molar-refractivity contribution in [2.24, 2.45) is 5.41 Å². The maximum atomic E-state index is 11.6. The highest BCUT2D eigenvalue weighted by atomic mass is 35.5. The largest absolute Gasteiger partial charge is 0.465 e. The number of aliphatic hydroxyl groups excluding tert-OH is 1. The molecule has 3 N–H and O–H groups in total. The Labute approximate surface area is 129 Å². The monoisotopic (exact) mass is 322 g/mol. The van der Waals surface area contributed by atoms with Gasteiger partial charge in [0.05, 0.1) is 24.1 Å². The Morgan fingerprint density at radius 1 is 1.43 bits per heavy atom. The fourth-order valence-corrected chi connectivity index (χ4v) is 2.75. The quantitative estimate of drug-likeness (QED) is 0.683. The molecule has 3 atom stereocenters. The van der Waals surface area contributed by atoms with E-state index in [2.05, 4.69) is 5.32 Å². The topological polar surface area (TPSA) is 99.1 Å². The first kappa shape index (κ1) is 17.8. The first-order valence-corrected chi connectivity index (χ1v) is 7.38. The van der Waals surface area contributed by atoms with Crippen molar-refractivity contribution in [2.45, 2.75) is 45.4 Å². The van der Waals surface area contributed by atoms with Crippen molar-refractivity contribution in [1.82, 2.24) is 10.2 Å². The number of nitrogens with one attached hydrogen (secondary N) is 1. The zero-order chi connectivity index (χ0) is 16.2. The van der Waals surface area contributed by atoms with Crippen LogP contribution in [0.4, 0.5) is 9.59 Å². The molecule has 2 amide bonds. The van der Waals surface area contributed by atoms with Crippen LogP contribution in [0.3, 0.4) is 0 Å². The highest BCUT2D eigenvalue weighted by Gasteiger charge is 2.45. The van der Waals surface area contributed by atoms with Gasteiger partial charge in [0.2, 0.25) is 0 Å². The van der Waals surface area contributed by atoms with Gasteiger partial charge >= 0.3 is 12.2 Å². The van der Waals surface area contributed by atoms with Gasteiger partial charge in [-0.25, -0.2) is 9.59 Å². The summed E-state index contributed by atoms with van der Waals surface area (Å²) in [6.07, 6.45) is -2.40. The van der Waals surface area contributed by atoms with Crippen LogP contribution in [0.1, 0.15) is 27.2 Å². The van der Waals surface area contributed by atoms with E-state index in [1.807, 2.05) is 20.8 Å². The summed E-state index contributed by atoms with van der Waals surface area (Å²) >= 11 is 5.43. The van der Waals surface area contributed by atoms with Crippen LogP contribution >= 0.6 is 11.6 Å². The number of hydrogen-bond donors (Lipinski definition) is 3. The Kier molecular flexibility index (Phi) is 6.10. The molecule has 21 heavy (non-hydrogen) atoms. The third kappa shape index (κ3) is 4.64. The van der Waals surface area contributed by atoms with E-state index in [4.69, 9.17) is 16.3 Å². The van der Waals surface area contributed by atoms with Gasteiger partial charge in [0.1, 0.15) is 6.61 Å². The van der Waals surface area contributed by atoms with E-state index in [0.717, 1.165) is 0 Å². The van der Waals surface area contributed by atoms with E-state index in [0.29, 0.717) is 6.42 Å². The number of rotatable bonds is 3. The average Bonchev–Trinajstić information content (AvgIpc) is 2.36. The van der Waals surface area contributed by atoms with Crippen molar-refractivity contribution in [3.63, 3.8) is 0 Å². The Morgan fingerprint density at radius 3 is 2.52 bits per heavy atom. The molecular weight excluding hydrogens is 300 g/mol. The van der Waals surface area contributed by atoms with Gasteiger partial charge in [0.15, 0.2) is 0 Å². The SMILES string of the molecule is CC(C)(C)C1C(O)C(NC(=O)OCCCl)CCN1C(=O)O. The Balaban J connectivity index is 2.79. The zero-order valence-corrected chi connectivity index (χ0v) is 13.3. The number of hydrogen-bond acceptors (Lipinski definition) is 4. The van der Waals surface area contributed by atoms with Crippen LogP contribution < -0.4 is 5.32 Å². The van der Waals surface area contributed by atoms with Gasteiger partial charge in [-0.15, -0.1) is 11.6 Å². The molecule has 1 aliphatic rings. The molecular formula is C13H23ClN2O5. The van der Waals surface area contributed by atoms with Gasteiger partial charge < -0.3 is 25.2 Å². The number of halogens is 1. The lowest BCUT2D eigenvalue weighted by Gasteiger charge is -2.47. The van der Waals surface area contributed by atoms with Crippen LogP contribution in [0.25, 0.3) is 0 Å². The van der Waals surface area contributed by atoms with Crippen molar-refractivity contribution in [3.8, 4) is 0 Å². The molecule has 1 rings (SSSR count). The minimum absolute atomic E-state index is 0.0835. The summed E-state index contributed by atoms with van der Waals surface area (Å²) in [5.41, 5.74) is -0.460. The number of ether oxygens (including phenoxy) is 1. The first-order valence-electron chi connectivity index (χ1n) is 6.85. The Hall–Kier alpha value is -1.21. The summed E-state index contributed by atoms with van der Waals surface area (Å²) in [6.45, 7) is 5.88. The van der Waals surface area contributed by atoms with E-state index in [-0.39, 0.29) is 19.0 Å². The van der Waals surface area contributed by atoms with Gasteiger partial charge in [-0.05, 0) is 11.8 Å². The molecule has 122 valence electrons. The molecule has 0 spiro atoms.